The van der Waals surface area contributed by atoms with Gasteiger partial charge in [0.05, 0.1) is 10.6 Å². The van der Waals surface area contributed by atoms with Crippen molar-refractivity contribution in [2.45, 2.75) is 44.6 Å². The van der Waals surface area contributed by atoms with Crippen LogP contribution in [0.3, 0.4) is 0 Å². The molecule has 0 spiro atoms. The van der Waals surface area contributed by atoms with Gasteiger partial charge in [-0.3, -0.25) is 4.79 Å². The summed E-state index contributed by atoms with van der Waals surface area (Å²) in [6.45, 7) is 8.00. The van der Waals surface area contributed by atoms with Gasteiger partial charge in [0, 0.05) is 17.6 Å². The molecule has 3 N–H and O–H groups in total. The highest BCUT2D eigenvalue weighted by atomic mass is 35.5. The number of amides is 1. The highest BCUT2D eigenvalue weighted by molar-refractivity contribution is 7.91. The first-order valence-electron chi connectivity index (χ1n) is 7.49. The van der Waals surface area contributed by atoms with Gasteiger partial charge in [0.15, 0.2) is 9.84 Å². The van der Waals surface area contributed by atoms with E-state index in [1.807, 2.05) is 6.92 Å². The molecule has 1 unspecified atom stereocenters. The summed E-state index contributed by atoms with van der Waals surface area (Å²) >= 11 is 0. The highest BCUT2D eigenvalue weighted by Gasteiger charge is 2.26. The van der Waals surface area contributed by atoms with Crippen molar-refractivity contribution in [2.24, 2.45) is 11.7 Å². The second-order valence-corrected chi connectivity index (χ2v) is 8.52. The zero-order valence-corrected chi connectivity index (χ0v) is 15.8. The summed E-state index contributed by atoms with van der Waals surface area (Å²) < 4.78 is 23.5. The van der Waals surface area contributed by atoms with Crippen LogP contribution in [0.1, 0.15) is 44.5 Å². The van der Waals surface area contributed by atoms with Crippen LogP contribution >= 0.6 is 12.4 Å². The molecule has 0 aromatic heterocycles. The van der Waals surface area contributed by atoms with Crippen LogP contribution in [0.5, 0.6) is 0 Å². The van der Waals surface area contributed by atoms with Crippen LogP contribution in [0, 0.1) is 5.92 Å². The molecule has 0 aliphatic carbocycles. The average molecular weight is 363 g/mol. The Labute approximate surface area is 145 Å². The average Bonchev–Trinajstić information content (AvgIpc) is 2.46. The third-order valence-corrected chi connectivity index (χ3v) is 5.33. The second kappa shape index (κ2) is 8.66. The molecule has 1 amide bonds. The highest BCUT2D eigenvalue weighted by Crippen LogP contribution is 2.17. The summed E-state index contributed by atoms with van der Waals surface area (Å²) in [6.07, 6.45) is 0.775. The predicted molar refractivity (Wildman–Crippen MR) is 95.8 cm³/mol. The van der Waals surface area contributed by atoms with Crippen LogP contribution in [-0.4, -0.2) is 32.2 Å². The largest absolute Gasteiger partial charge is 0.346 e. The Morgan fingerprint density at radius 1 is 1.26 bits per heavy atom. The Kier molecular flexibility index (Phi) is 8.24. The minimum atomic E-state index is -3.25. The van der Waals surface area contributed by atoms with Crippen molar-refractivity contribution in [3.63, 3.8) is 0 Å². The van der Waals surface area contributed by atoms with Crippen molar-refractivity contribution in [1.82, 2.24) is 5.32 Å². The lowest BCUT2D eigenvalue weighted by atomic mass is 9.90. The van der Waals surface area contributed by atoms with Crippen molar-refractivity contribution < 1.29 is 13.2 Å². The minimum Gasteiger partial charge on any atom is -0.346 e. The van der Waals surface area contributed by atoms with Gasteiger partial charge in [-0.15, -0.1) is 12.4 Å². The van der Waals surface area contributed by atoms with E-state index < -0.39 is 15.4 Å². The Morgan fingerprint density at radius 3 is 2.17 bits per heavy atom. The molecule has 0 saturated heterocycles. The third kappa shape index (κ3) is 6.12. The van der Waals surface area contributed by atoms with Crippen molar-refractivity contribution >= 4 is 28.2 Å². The lowest BCUT2D eigenvalue weighted by Crippen LogP contribution is -2.52. The minimum absolute atomic E-state index is 0. The number of nitrogens with two attached hydrogens (primary N) is 1. The number of nitrogens with one attached hydrogen (secondary N) is 1. The summed E-state index contributed by atoms with van der Waals surface area (Å²) in [7, 11) is -3.25. The summed E-state index contributed by atoms with van der Waals surface area (Å²) in [6, 6.07) is 6.00. The first-order valence-corrected chi connectivity index (χ1v) is 9.14. The molecular weight excluding hydrogens is 336 g/mol. The van der Waals surface area contributed by atoms with Gasteiger partial charge in [0.25, 0.3) is 5.91 Å². The smallest absolute Gasteiger partial charge is 0.251 e. The maximum atomic E-state index is 12.3. The van der Waals surface area contributed by atoms with Crippen LogP contribution in [-0.2, 0) is 9.84 Å². The van der Waals surface area contributed by atoms with Crippen LogP contribution < -0.4 is 11.1 Å². The van der Waals surface area contributed by atoms with Crippen molar-refractivity contribution in [2.75, 3.05) is 12.3 Å². The maximum Gasteiger partial charge on any atom is 0.251 e. The van der Waals surface area contributed by atoms with Gasteiger partial charge in [0.1, 0.15) is 0 Å². The van der Waals surface area contributed by atoms with Crippen LogP contribution in [0.15, 0.2) is 29.2 Å². The Hall–Kier alpha value is -1.11. The normalized spacial score (nSPS) is 14.0. The molecule has 0 heterocycles. The van der Waals surface area contributed by atoms with Gasteiger partial charge in [0.2, 0.25) is 0 Å². The molecule has 1 aromatic carbocycles. The zero-order chi connectivity index (χ0) is 17.0. The zero-order valence-electron chi connectivity index (χ0n) is 14.1. The van der Waals surface area contributed by atoms with Gasteiger partial charge >= 0.3 is 0 Å². The molecule has 132 valence electrons. The monoisotopic (exact) mass is 362 g/mol. The topological polar surface area (TPSA) is 89.3 Å². The lowest BCUT2D eigenvalue weighted by Gasteiger charge is -2.31. The van der Waals surface area contributed by atoms with Gasteiger partial charge in [-0.1, -0.05) is 20.8 Å². The van der Waals surface area contributed by atoms with E-state index in [9.17, 15) is 13.2 Å². The molecule has 0 saturated carbocycles. The number of sulfone groups is 1. The number of carbonyl (C=O) groups is 1. The Balaban J connectivity index is 0.00000484. The van der Waals surface area contributed by atoms with E-state index in [1.54, 1.807) is 6.92 Å². The molecule has 1 rings (SSSR count). The summed E-state index contributed by atoms with van der Waals surface area (Å²) in [5.41, 5.74) is 5.74. The van der Waals surface area contributed by atoms with E-state index in [0.29, 0.717) is 18.0 Å². The fourth-order valence-corrected chi connectivity index (χ4v) is 3.30. The number of hydrogen-bond acceptors (Lipinski definition) is 4. The molecule has 0 aliphatic rings. The molecule has 1 atom stereocenters. The number of carbonyl (C=O) groups excluding carboxylic acids is 1. The molecule has 0 bridgehead atoms. The van der Waals surface area contributed by atoms with Crippen LogP contribution in [0.4, 0.5) is 0 Å². The number of rotatable bonds is 7. The van der Waals surface area contributed by atoms with E-state index in [0.717, 1.165) is 6.42 Å². The number of halogens is 1. The van der Waals surface area contributed by atoms with E-state index in [-0.39, 0.29) is 29.0 Å². The Bertz CT molecular complexity index is 615. The van der Waals surface area contributed by atoms with Crippen molar-refractivity contribution in [3.05, 3.63) is 29.8 Å². The molecule has 0 aliphatic heterocycles. The van der Waals surface area contributed by atoms with Gasteiger partial charge in [-0.25, -0.2) is 8.42 Å². The molecule has 1 aromatic rings. The first-order chi connectivity index (χ1) is 10.1. The van der Waals surface area contributed by atoms with Gasteiger partial charge in [-0.2, -0.15) is 0 Å². The summed E-state index contributed by atoms with van der Waals surface area (Å²) in [5.74, 6) is 0.206. The SMILES string of the molecule is CCS(=O)(=O)c1ccc(C(=O)NC(C)(CN)CC(C)C)cc1.Cl. The van der Waals surface area contributed by atoms with Crippen molar-refractivity contribution in [1.29, 1.82) is 0 Å². The molecule has 5 nitrogen and oxygen atoms in total. The standard InChI is InChI=1S/C16H26N2O3S.ClH/c1-5-22(20,21)14-8-6-13(7-9-14)15(19)18-16(4,11-17)10-12(2)3;/h6-9,12H,5,10-11,17H2,1-4H3,(H,18,19);1H. The molecule has 23 heavy (non-hydrogen) atoms. The molecule has 7 heteroatoms. The first kappa shape index (κ1) is 21.9. The lowest BCUT2D eigenvalue weighted by molar-refractivity contribution is 0.0898. The number of benzene rings is 1. The van der Waals surface area contributed by atoms with Crippen LogP contribution in [0.25, 0.3) is 0 Å². The van der Waals surface area contributed by atoms with Crippen molar-refractivity contribution in [3.8, 4) is 0 Å². The van der Waals surface area contributed by atoms with E-state index in [4.69, 9.17) is 5.73 Å². The fraction of sp³-hybridized carbons (Fsp3) is 0.562. The van der Waals surface area contributed by atoms with E-state index >= 15 is 0 Å². The molecule has 0 fully saturated rings. The summed E-state index contributed by atoms with van der Waals surface area (Å²) in [4.78, 5) is 12.5. The van der Waals surface area contributed by atoms with Crippen LogP contribution in [0.2, 0.25) is 0 Å². The molecule has 0 radical (unpaired) electrons. The van der Waals surface area contributed by atoms with Gasteiger partial charge in [-0.05, 0) is 43.5 Å². The van der Waals surface area contributed by atoms with E-state index in [2.05, 4.69) is 19.2 Å². The van der Waals surface area contributed by atoms with Gasteiger partial charge < -0.3 is 11.1 Å². The third-order valence-electron chi connectivity index (χ3n) is 3.58. The number of hydrogen-bond donors (Lipinski definition) is 2. The fourth-order valence-electron chi connectivity index (χ4n) is 2.41. The molecular formula is C16H27ClN2O3S. The second-order valence-electron chi connectivity index (χ2n) is 6.24. The summed E-state index contributed by atoms with van der Waals surface area (Å²) in [5, 5.41) is 2.95. The van der Waals surface area contributed by atoms with E-state index in [1.165, 1.54) is 24.3 Å². The predicted octanol–water partition coefficient (Wildman–Crippen LogP) is 2.40. The Morgan fingerprint density at radius 2 is 1.78 bits per heavy atom. The quantitative estimate of drug-likeness (QED) is 0.779. The maximum absolute atomic E-state index is 12.3.